The molecular weight excluding hydrogens is 308 g/mol. The average molecular weight is 332 g/mol. The number of rotatable bonds is 2. The summed E-state index contributed by atoms with van der Waals surface area (Å²) in [5.74, 6) is 0.616. The Kier molecular flexibility index (Phi) is 4.54. The molecule has 1 aromatic heterocycles. The molecule has 0 saturated carbocycles. The van der Waals surface area contributed by atoms with E-state index in [4.69, 9.17) is 4.74 Å². The van der Waals surface area contributed by atoms with Gasteiger partial charge in [-0.05, 0) is 27.2 Å². The van der Waals surface area contributed by atoms with Gasteiger partial charge in [-0.1, -0.05) is 0 Å². The molecule has 3 rings (SSSR count). The second-order valence-corrected chi connectivity index (χ2v) is 7.10. The summed E-state index contributed by atoms with van der Waals surface area (Å²) in [6.07, 6.45) is 3.98. The molecule has 0 N–H and O–H groups in total. The maximum absolute atomic E-state index is 12.7. The minimum atomic E-state index is -0.183. The molecule has 1 atom stereocenters. The van der Waals surface area contributed by atoms with Gasteiger partial charge in [-0.25, -0.2) is 9.97 Å². The molecule has 2 fully saturated rings. The van der Waals surface area contributed by atoms with Gasteiger partial charge in [0, 0.05) is 43.5 Å². The van der Waals surface area contributed by atoms with E-state index >= 15 is 0 Å². The van der Waals surface area contributed by atoms with E-state index in [1.165, 1.54) is 0 Å². The van der Waals surface area contributed by atoms with Crippen molar-refractivity contribution in [3.05, 3.63) is 23.8 Å². The third-order valence-corrected chi connectivity index (χ3v) is 4.84. The Labute approximate surface area is 142 Å². The Morgan fingerprint density at radius 2 is 2.00 bits per heavy atom. The number of likely N-dealkylation sites (tertiary alicyclic amines) is 1. The maximum Gasteiger partial charge on any atom is 0.257 e. The number of hydrogen-bond donors (Lipinski definition) is 0. The quantitative estimate of drug-likeness (QED) is 0.804. The predicted octanol–water partition coefficient (Wildman–Crippen LogP) is 0.885. The summed E-state index contributed by atoms with van der Waals surface area (Å²) < 4.78 is 5.62. The average Bonchev–Trinajstić information content (AvgIpc) is 2.88. The molecule has 0 aromatic carbocycles. The minimum absolute atomic E-state index is 0.0265. The van der Waals surface area contributed by atoms with Crippen molar-refractivity contribution in [2.24, 2.45) is 5.41 Å². The van der Waals surface area contributed by atoms with Crippen LogP contribution in [0.3, 0.4) is 0 Å². The van der Waals surface area contributed by atoms with Gasteiger partial charge in [0.05, 0.1) is 12.2 Å². The third kappa shape index (κ3) is 3.26. The molecule has 7 nitrogen and oxygen atoms in total. The predicted molar refractivity (Wildman–Crippen MR) is 87.4 cm³/mol. The molecule has 130 valence electrons. The number of carbonyl (C=O) groups is 2. The Morgan fingerprint density at radius 3 is 2.67 bits per heavy atom. The van der Waals surface area contributed by atoms with Crippen LogP contribution in [0.4, 0.5) is 0 Å². The molecule has 2 amide bonds. The number of ether oxygens (including phenoxy) is 1. The van der Waals surface area contributed by atoms with Gasteiger partial charge in [-0.15, -0.1) is 0 Å². The lowest BCUT2D eigenvalue weighted by Gasteiger charge is -2.34. The second kappa shape index (κ2) is 6.47. The molecule has 1 aromatic rings. The van der Waals surface area contributed by atoms with E-state index in [2.05, 4.69) is 9.97 Å². The fourth-order valence-electron chi connectivity index (χ4n) is 3.44. The number of amides is 2. The van der Waals surface area contributed by atoms with Crippen LogP contribution in [0, 0.1) is 12.3 Å². The first-order chi connectivity index (χ1) is 11.4. The summed E-state index contributed by atoms with van der Waals surface area (Å²) in [6.45, 7) is 8.34. The van der Waals surface area contributed by atoms with E-state index in [-0.39, 0.29) is 29.9 Å². The largest absolute Gasteiger partial charge is 0.371 e. The van der Waals surface area contributed by atoms with Crippen LogP contribution in [-0.4, -0.2) is 70.5 Å². The smallest absolute Gasteiger partial charge is 0.257 e. The van der Waals surface area contributed by atoms with Crippen molar-refractivity contribution in [1.29, 1.82) is 0 Å². The van der Waals surface area contributed by atoms with E-state index in [1.54, 1.807) is 19.3 Å². The molecule has 0 aliphatic carbocycles. The van der Waals surface area contributed by atoms with Gasteiger partial charge in [-0.3, -0.25) is 9.59 Å². The van der Waals surface area contributed by atoms with Crippen LogP contribution in [-0.2, 0) is 9.53 Å². The number of nitrogens with zero attached hydrogens (tertiary/aromatic N) is 4. The number of aryl methyl sites for hydroxylation is 1. The minimum Gasteiger partial charge on any atom is -0.371 e. The van der Waals surface area contributed by atoms with E-state index < -0.39 is 0 Å². The zero-order valence-corrected chi connectivity index (χ0v) is 14.5. The summed E-state index contributed by atoms with van der Waals surface area (Å²) >= 11 is 0. The van der Waals surface area contributed by atoms with Crippen LogP contribution in [0.2, 0.25) is 0 Å². The molecule has 0 radical (unpaired) electrons. The number of aromatic nitrogens is 2. The summed E-state index contributed by atoms with van der Waals surface area (Å²) in [6, 6.07) is 0.131. The second-order valence-electron chi connectivity index (χ2n) is 7.10. The van der Waals surface area contributed by atoms with Crippen LogP contribution in [0.25, 0.3) is 0 Å². The van der Waals surface area contributed by atoms with E-state index in [9.17, 15) is 9.59 Å². The highest BCUT2D eigenvalue weighted by atomic mass is 16.5. The summed E-state index contributed by atoms with van der Waals surface area (Å²) in [5, 5.41) is 0. The Bertz CT molecular complexity index is 631. The van der Waals surface area contributed by atoms with Crippen molar-refractivity contribution in [2.75, 3.05) is 32.8 Å². The van der Waals surface area contributed by atoms with Crippen molar-refractivity contribution < 1.29 is 14.3 Å². The van der Waals surface area contributed by atoms with Crippen molar-refractivity contribution >= 4 is 11.8 Å². The molecule has 0 bridgehead atoms. The van der Waals surface area contributed by atoms with Crippen LogP contribution in [0.5, 0.6) is 0 Å². The number of carbonyl (C=O) groups excluding carboxylic acids is 2. The van der Waals surface area contributed by atoms with Gasteiger partial charge in [0.2, 0.25) is 5.91 Å². The molecule has 2 saturated heterocycles. The van der Waals surface area contributed by atoms with Crippen molar-refractivity contribution in [3.63, 3.8) is 0 Å². The zero-order valence-electron chi connectivity index (χ0n) is 14.5. The molecule has 1 unspecified atom stereocenters. The number of hydrogen-bond acceptors (Lipinski definition) is 5. The van der Waals surface area contributed by atoms with Crippen molar-refractivity contribution in [3.8, 4) is 0 Å². The fourth-order valence-corrected chi connectivity index (χ4v) is 3.44. The van der Waals surface area contributed by atoms with E-state index in [0.29, 0.717) is 37.6 Å². The zero-order chi connectivity index (χ0) is 17.3. The highest BCUT2D eigenvalue weighted by Crippen LogP contribution is 2.34. The van der Waals surface area contributed by atoms with E-state index in [0.717, 1.165) is 6.42 Å². The lowest BCUT2D eigenvalue weighted by atomic mass is 9.87. The van der Waals surface area contributed by atoms with Gasteiger partial charge >= 0.3 is 0 Å². The molecule has 2 aliphatic heterocycles. The van der Waals surface area contributed by atoms with Gasteiger partial charge in [0.25, 0.3) is 5.91 Å². The normalized spacial score (nSPS) is 24.8. The van der Waals surface area contributed by atoms with Gasteiger partial charge < -0.3 is 14.5 Å². The van der Waals surface area contributed by atoms with Crippen LogP contribution in [0.15, 0.2) is 12.4 Å². The molecule has 2 aliphatic rings. The summed E-state index contributed by atoms with van der Waals surface area (Å²) in [7, 11) is 0. The van der Waals surface area contributed by atoms with Gasteiger partial charge in [-0.2, -0.15) is 0 Å². The van der Waals surface area contributed by atoms with Crippen LogP contribution < -0.4 is 0 Å². The highest BCUT2D eigenvalue weighted by molar-refractivity contribution is 5.93. The van der Waals surface area contributed by atoms with Gasteiger partial charge in [0.1, 0.15) is 12.4 Å². The van der Waals surface area contributed by atoms with Crippen LogP contribution in [0.1, 0.15) is 36.5 Å². The SMILES string of the molecule is Cc1ncc(C(=O)N2CCC3(COCC(=O)N(C(C)C)C3)C2)cn1. The van der Waals surface area contributed by atoms with Crippen LogP contribution >= 0.6 is 0 Å². The lowest BCUT2D eigenvalue weighted by Crippen LogP contribution is -2.46. The molecule has 3 heterocycles. The molecule has 1 spiro atoms. The first kappa shape index (κ1) is 16.8. The highest BCUT2D eigenvalue weighted by Gasteiger charge is 2.44. The summed E-state index contributed by atoms with van der Waals surface area (Å²) in [4.78, 5) is 36.7. The molecule has 7 heteroatoms. The third-order valence-electron chi connectivity index (χ3n) is 4.84. The Hall–Kier alpha value is -2.02. The van der Waals surface area contributed by atoms with E-state index in [1.807, 2.05) is 23.6 Å². The standard InChI is InChI=1S/C17H24N4O3/c1-12(2)21-10-17(11-24-8-15(21)22)4-5-20(9-17)16(23)14-6-18-13(3)19-7-14/h6-7,12H,4-5,8-11H2,1-3H3. The first-order valence-corrected chi connectivity index (χ1v) is 8.35. The molecular formula is C17H24N4O3. The van der Waals surface area contributed by atoms with Crippen molar-refractivity contribution in [1.82, 2.24) is 19.8 Å². The first-order valence-electron chi connectivity index (χ1n) is 8.35. The Morgan fingerprint density at radius 1 is 1.29 bits per heavy atom. The van der Waals surface area contributed by atoms with Crippen molar-refractivity contribution in [2.45, 2.75) is 33.2 Å². The monoisotopic (exact) mass is 332 g/mol. The van der Waals surface area contributed by atoms with Gasteiger partial charge in [0.15, 0.2) is 0 Å². The lowest BCUT2D eigenvalue weighted by molar-refractivity contribution is -0.135. The Balaban J connectivity index is 1.74. The molecule has 24 heavy (non-hydrogen) atoms. The maximum atomic E-state index is 12.7. The summed E-state index contributed by atoms with van der Waals surface area (Å²) in [5.41, 5.74) is 0.321. The topological polar surface area (TPSA) is 75.6 Å². The fraction of sp³-hybridized carbons (Fsp3) is 0.647.